The number of ether oxygens (including phenoxy) is 1. The van der Waals surface area contributed by atoms with Crippen molar-refractivity contribution in [1.82, 2.24) is 10.6 Å². The van der Waals surface area contributed by atoms with Gasteiger partial charge in [-0.15, -0.1) is 24.0 Å². The van der Waals surface area contributed by atoms with Gasteiger partial charge in [0.2, 0.25) is 0 Å². The number of guanidine groups is 1. The van der Waals surface area contributed by atoms with Crippen molar-refractivity contribution in [3.8, 4) is 0 Å². The van der Waals surface area contributed by atoms with Crippen molar-refractivity contribution in [2.24, 2.45) is 10.9 Å². The van der Waals surface area contributed by atoms with E-state index >= 15 is 0 Å². The topological polar surface area (TPSA) is 45.7 Å². The van der Waals surface area contributed by atoms with Gasteiger partial charge >= 0.3 is 0 Å². The first kappa shape index (κ1) is 20.2. The molecule has 0 amide bonds. The third-order valence-electron chi connectivity index (χ3n) is 3.86. The van der Waals surface area contributed by atoms with E-state index in [0.29, 0.717) is 0 Å². The molecule has 1 saturated carbocycles. The molecule has 0 atom stereocenters. The summed E-state index contributed by atoms with van der Waals surface area (Å²) in [6.07, 6.45) is 4.74. The Labute approximate surface area is 157 Å². The molecule has 0 spiro atoms. The second kappa shape index (κ2) is 11.7. The Bertz CT molecular complexity index is 458. The van der Waals surface area contributed by atoms with Gasteiger partial charge in [0.05, 0.1) is 0 Å². The number of hydrogen-bond acceptors (Lipinski definition) is 2. The van der Waals surface area contributed by atoms with E-state index in [4.69, 9.17) is 4.74 Å². The van der Waals surface area contributed by atoms with E-state index in [2.05, 4.69) is 46.8 Å². The average molecular weight is 431 g/mol. The van der Waals surface area contributed by atoms with E-state index in [1.54, 1.807) is 0 Å². The second-order valence-corrected chi connectivity index (χ2v) is 6.03. The number of rotatable bonds is 9. The van der Waals surface area contributed by atoms with Crippen molar-refractivity contribution in [2.75, 3.05) is 33.4 Å². The first-order valence-electron chi connectivity index (χ1n) is 8.35. The minimum absolute atomic E-state index is 0. The molecular formula is C18H30IN3O. The fraction of sp³-hybridized carbons (Fsp3) is 0.611. The number of hydrogen-bond donors (Lipinski definition) is 2. The summed E-state index contributed by atoms with van der Waals surface area (Å²) in [6, 6.07) is 8.68. The zero-order valence-corrected chi connectivity index (χ0v) is 16.6. The van der Waals surface area contributed by atoms with Crippen LogP contribution in [0.15, 0.2) is 29.3 Å². The minimum atomic E-state index is 0. The van der Waals surface area contributed by atoms with Crippen LogP contribution in [0.1, 0.15) is 30.4 Å². The molecule has 0 saturated heterocycles. The lowest BCUT2D eigenvalue weighted by Gasteiger charge is -2.12. The Morgan fingerprint density at radius 2 is 1.87 bits per heavy atom. The molecule has 2 rings (SSSR count). The Morgan fingerprint density at radius 1 is 1.17 bits per heavy atom. The van der Waals surface area contributed by atoms with Crippen LogP contribution in [0.2, 0.25) is 0 Å². The van der Waals surface area contributed by atoms with E-state index in [9.17, 15) is 0 Å². The number of nitrogens with zero attached hydrogens (tertiary/aromatic N) is 1. The first-order valence-corrected chi connectivity index (χ1v) is 8.35. The summed E-state index contributed by atoms with van der Waals surface area (Å²) in [7, 11) is 1.81. The molecule has 1 fully saturated rings. The van der Waals surface area contributed by atoms with Crippen LogP contribution in [0.25, 0.3) is 0 Å². The molecule has 1 aliphatic carbocycles. The molecular weight excluding hydrogens is 401 g/mol. The lowest BCUT2D eigenvalue weighted by molar-refractivity contribution is 0.123. The average Bonchev–Trinajstić information content (AvgIpc) is 3.35. The van der Waals surface area contributed by atoms with Crippen LogP contribution in [0.5, 0.6) is 0 Å². The molecule has 0 bridgehead atoms. The Balaban J connectivity index is 0.00000264. The van der Waals surface area contributed by atoms with Crippen molar-refractivity contribution >= 4 is 29.9 Å². The molecule has 0 aliphatic heterocycles. The van der Waals surface area contributed by atoms with Crippen LogP contribution in [-0.4, -0.2) is 39.3 Å². The fourth-order valence-electron chi connectivity index (χ4n) is 2.22. The summed E-state index contributed by atoms with van der Waals surface area (Å²) in [5.74, 6) is 1.72. The maximum Gasteiger partial charge on any atom is 0.190 e. The first-order chi connectivity index (χ1) is 10.8. The Morgan fingerprint density at radius 3 is 2.52 bits per heavy atom. The quantitative estimate of drug-likeness (QED) is 0.273. The van der Waals surface area contributed by atoms with Gasteiger partial charge in [-0.05, 0) is 44.1 Å². The van der Waals surface area contributed by atoms with Crippen LogP contribution in [0.4, 0.5) is 0 Å². The number of halogens is 1. The highest BCUT2D eigenvalue weighted by atomic mass is 127. The van der Waals surface area contributed by atoms with Crippen LogP contribution in [0.3, 0.4) is 0 Å². The lowest BCUT2D eigenvalue weighted by Crippen LogP contribution is -2.39. The smallest absolute Gasteiger partial charge is 0.190 e. The molecule has 1 aliphatic rings. The van der Waals surface area contributed by atoms with Crippen molar-refractivity contribution in [2.45, 2.75) is 32.6 Å². The van der Waals surface area contributed by atoms with E-state index in [0.717, 1.165) is 51.0 Å². The van der Waals surface area contributed by atoms with Gasteiger partial charge in [-0.1, -0.05) is 29.8 Å². The van der Waals surface area contributed by atoms with Crippen molar-refractivity contribution in [3.05, 3.63) is 35.4 Å². The molecule has 23 heavy (non-hydrogen) atoms. The van der Waals surface area contributed by atoms with E-state index in [1.807, 2.05) is 7.05 Å². The van der Waals surface area contributed by atoms with Crippen LogP contribution in [0, 0.1) is 12.8 Å². The molecule has 0 aromatic heterocycles. The van der Waals surface area contributed by atoms with Gasteiger partial charge in [0.25, 0.3) is 0 Å². The molecule has 130 valence electrons. The highest BCUT2D eigenvalue weighted by Crippen LogP contribution is 2.28. The van der Waals surface area contributed by atoms with Gasteiger partial charge in [0.1, 0.15) is 0 Å². The third-order valence-corrected chi connectivity index (χ3v) is 3.86. The zero-order chi connectivity index (χ0) is 15.6. The molecule has 0 heterocycles. The minimum Gasteiger partial charge on any atom is -0.381 e. The maximum atomic E-state index is 5.62. The lowest BCUT2D eigenvalue weighted by atomic mass is 10.1. The van der Waals surface area contributed by atoms with Crippen molar-refractivity contribution in [3.63, 3.8) is 0 Å². The highest BCUT2D eigenvalue weighted by molar-refractivity contribution is 14.0. The van der Waals surface area contributed by atoms with Gasteiger partial charge in [0.15, 0.2) is 5.96 Å². The number of aliphatic imine (C=N–C) groups is 1. The third kappa shape index (κ3) is 9.15. The summed E-state index contributed by atoms with van der Waals surface area (Å²) >= 11 is 0. The van der Waals surface area contributed by atoms with Gasteiger partial charge in [0, 0.05) is 33.4 Å². The van der Waals surface area contributed by atoms with E-state index in [-0.39, 0.29) is 24.0 Å². The van der Waals surface area contributed by atoms with Gasteiger partial charge in [-0.2, -0.15) is 0 Å². The molecule has 1 aromatic carbocycles. The predicted octanol–water partition coefficient (Wildman–Crippen LogP) is 3.14. The second-order valence-electron chi connectivity index (χ2n) is 6.03. The number of benzene rings is 1. The highest BCUT2D eigenvalue weighted by Gasteiger charge is 2.20. The number of aryl methyl sites for hydroxylation is 1. The molecule has 2 N–H and O–H groups in total. The molecule has 5 heteroatoms. The number of nitrogens with one attached hydrogen (secondary N) is 2. The normalized spacial score (nSPS) is 14.3. The monoisotopic (exact) mass is 431 g/mol. The summed E-state index contributed by atoms with van der Waals surface area (Å²) in [4.78, 5) is 4.24. The molecule has 0 unspecified atom stereocenters. The van der Waals surface area contributed by atoms with Crippen LogP contribution >= 0.6 is 24.0 Å². The summed E-state index contributed by atoms with van der Waals surface area (Å²) < 4.78 is 5.62. The van der Waals surface area contributed by atoms with E-state index in [1.165, 1.54) is 24.0 Å². The summed E-state index contributed by atoms with van der Waals surface area (Å²) in [5, 5.41) is 6.68. The molecule has 4 nitrogen and oxygen atoms in total. The van der Waals surface area contributed by atoms with Crippen LogP contribution in [-0.2, 0) is 11.2 Å². The maximum absolute atomic E-state index is 5.62. The molecule has 0 radical (unpaired) electrons. The zero-order valence-electron chi connectivity index (χ0n) is 14.3. The Kier molecular flexibility index (Phi) is 10.3. The molecule has 1 aromatic rings. The summed E-state index contributed by atoms with van der Waals surface area (Å²) in [6.45, 7) is 5.69. The van der Waals surface area contributed by atoms with Crippen molar-refractivity contribution < 1.29 is 4.74 Å². The van der Waals surface area contributed by atoms with Crippen molar-refractivity contribution in [1.29, 1.82) is 0 Å². The standard InChI is InChI=1S/C18H29N3O.HI/c1-15-4-6-16(7-5-15)10-12-21-18(19-2)20-11-3-13-22-14-17-8-9-17;/h4-7,17H,3,8-14H2,1-2H3,(H2,19,20,21);1H. The van der Waals surface area contributed by atoms with Gasteiger partial charge in [-0.25, -0.2) is 0 Å². The summed E-state index contributed by atoms with van der Waals surface area (Å²) in [5.41, 5.74) is 2.65. The van der Waals surface area contributed by atoms with Gasteiger partial charge in [-0.3, -0.25) is 4.99 Å². The Hall–Kier alpha value is -0.820. The van der Waals surface area contributed by atoms with Gasteiger partial charge < -0.3 is 15.4 Å². The largest absolute Gasteiger partial charge is 0.381 e. The predicted molar refractivity (Wildman–Crippen MR) is 108 cm³/mol. The SMILES string of the molecule is CN=C(NCCCOCC1CC1)NCCc1ccc(C)cc1.I. The van der Waals surface area contributed by atoms with E-state index < -0.39 is 0 Å². The van der Waals surface area contributed by atoms with Crippen LogP contribution < -0.4 is 10.6 Å². The fourth-order valence-corrected chi connectivity index (χ4v) is 2.22.